The van der Waals surface area contributed by atoms with E-state index in [9.17, 15) is 0 Å². The Kier molecular flexibility index (Phi) is 4.44. The van der Waals surface area contributed by atoms with Crippen LogP contribution >= 0.6 is 0 Å². The Morgan fingerprint density at radius 1 is 0.818 bits per heavy atom. The van der Waals surface area contributed by atoms with E-state index < -0.39 is 0 Å². The minimum Gasteiger partial charge on any atom is -0.493 e. The first-order chi connectivity index (χ1) is 10.9. The monoisotopic (exact) mass is 293 g/mol. The van der Waals surface area contributed by atoms with Gasteiger partial charge in [-0.3, -0.25) is 0 Å². The molecule has 3 aromatic carbocycles. The number of rotatable bonds is 6. The maximum absolute atomic E-state index is 5.77. The predicted molar refractivity (Wildman–Crippen MR) is 90.9 cm³/mol. The lowest BCUT2D eigenvalue weighted by atomic mass is 10.1. The second-order valence-corrected chi connectivity index (χ2v) is 4.95. The van der Waals surface area contributed by atoms with Gasteiger partial charge in [-0.15, -0.1) is 0 Å². The van der Waals surface area contributed by atoms with Crippen LogP contribution in [0.2, 0.25) is 0 Å². The van der Waals surface area contributed by atoms with Crippen molar-refractivity contribution in [3.63, 3.8) is 0 Å². The molecule has 1 N–H and O–H groups in total. The van der Waals surface area contributed by atoms with Crippen LogP contribution in [0.1, 0.15) is 0 Å². The number of nitrogens with one attached hydrogen (secondary N) is 1. The van der Waals surface area contributed by atoms with Crippen molar-refractivity contribution in [2.75, 3.05) is 25.6 Å². The highest BCUT2D eigenvalue weighted by atomic mass is 16.5. The molecule has 0 heterocycles. The van der Waals surface area contributed by atoms with Gasteiger partial charge in [0.15, 0.2) is 11.5 Å². The van der Waals surface area contributed by atoms with Gasteiger partial charge < -0.3 is 14.8 Å². The first-order valence-electron chi connectivity index (χ1n) is 7.36. The number of para-hydroxylation sites is 2. The van der Waals surface area contributed by atoms with Gasteiger partial charge in [0.1, 0.15) is 6.61 Å². The van der Waals surface area contributed by atoms with Gasteiger partial charge in [-0.25, -0.2) is 0 Å². The highest BCUT2D eigenvalue weighted by Crippen LogP contribution is 2.26. The van der Waals surface area contributed by atoms with Gasteiger partial charge >= 0.3 is 0 Å². The number of hydrogen-bond donors (Lipinski definition) is 1. The molecule has 3 heteroatoms. The van der Waals surface area contributed by atoms with Gasteiger partial charge in [-0.2, -0.15) is 0 Å². The lowest BCUT2D eigenvalue weighted by Crippen LogP contribution is -2.12. The quantitative estimate of drug-likeness (QED) is 0.686. The van der Waals surface area contributed by atoms with Gasteiger partial charge in [0.25, 0.3) is 0 Å². The molecule has 3 nitrogen and oxygen atoms in total. The van der Waals surface area contributed by atoms with Crippen LogP contribution in [-0.2, 0) is 0 Å². The Labute approximate surface area is 130 Å². The summed E-state index contributed by atoms with van der Waals surface area (Å²) in [5, 5.41) is 5.89. The summed E-state index contributed by atoms with van der Waals surface area (Å²) in [5.41, 5.74) is 1.13. The highest BCUT2D eigenvalue weighted by Gasteiger charge is 2.03. The maximum atomic E-state index is 5.77. The summed E-state index contributed by atoms with van der Waals surface area (Å²) in [6, 6.07) is 22.3. The van der Waals surface area contributed by atoms with Crippen molar-refractivity contribution in [1.82, 2.24) is 0 Å². The molecule has 0 bridgehead atoms. The molecule has 0 saturated carbocycles. The van der Waals surface area contributed by atoms with E-state index in [0.717, 1.165) is 23.7 Å². The third-order valence-electron chi connectivity index (χ3n) is 3.53. The molecular formula is C19H19NO2. The van der Waals surface area contributed by atoms with Crippen molar-refractivity contribution in [2.24, 2.45) is 0 Å². The van der Waals surface area contributed by atoms with Crippen molar-refractivity contribution in [1.29, 1.82) is 0 Å². The van der Waals surface area contributed by atoms with Crippen LogP contribution in [0, 0.1) is 0 Å². The van der Waals surface area contributed by atoms with E-state index in [1.807, 2.05) is 24.3 Å². The van der Waals surface area contributed by atoms with Crippen LogP contribution < -0.4 is 14.8 Å². The molecule has 0 atom stereocenters. The van der Waals surface area contributed by atoms with E-state index in [1.54, 1.807) is 7.11 Å². The summed E-state index contributed by atoms with van der Waals surface area (Å²) in [6.07, 6.45) is 0. The average molecular weight is 293 g/mol. The summed E-state index contributed by atoms with van der Waals surface area (Å²) in [6.45, 7) is 1.30. The highest BCUT2D eigenvalue weighted by molar-refractivity contribution is 5.93. The molecule has 3 aromatic rings. The fourth-order valence-electron chi connectivity index (χ4n) is 2.46. The molecule has 0 unspecified atom stereocenters. The van der Waals surface area contributed by atoms with E-state index in [0.29, 0.717) is 6.61 Å². The minimum absolute atomic E-state index is 0.573. The fourth-order valence-corrected chi connectivity index (χ4v) is 2.46. The van der Waals surface area contributed by atoms with E-state index >= 15 is 0 Å². The zero-order valence-corrected chi connectivity index (χ0v) is 12.6. The standard InChI is InChI=1S/C19H19NO2/c1-21-18-11-4-5-12-19(18)22-14-13-20-17-10-6-8-15-7-2-3-9-16(15)17/h2-12,20H,13-14H2,1H3. The molecule has 3 rings (SSSR count). The van der Waals surface area contributed by atoms with Gasteiger partial charge in [-0.05, 0) is 23.6 Å². The van der Waals surface area contributed by atoms with Crippen molar-refractivity contribution in [3.8, 4) is 11.5 Å². The normalized spacial score (nSPS) is 10.4. The Morgan fingerprint density at radius 3 is 2.41 bits per heavy atom. The van der Waals surface area contributed by atoms with Gasteiger partial charge in [0, 0.05) is 17.6 Å². The topological polar surface area (TPSA) is 30.5 Å². The molecule has 22 heavy (non-hydrogen) atoms. The summed E-state index contributed by atoms with van der Waals surface area (Å²) < 4.78 is 11.0. The number of anilines is 1. The zero-order valence-electron chi connectivity index (χ0n) is 12.6. The maximum Gasteiger partial charge on any atom is 0.161 e. The number of hydrogen-bond acceptors (Lipinski definition) is 3. The molecule has 0 aromatic heterocycles. The second-order valence-electron chi connectivity index (χ2n) is 4.95. The average Bonchev–Trinajstić information content (AvgIpc) is 2.59. The van der Waals surface area contributed by atoms with E-state index in [1.165, 1.54) is 10.8 Å². The van der Waals surface area contributed by atoms with E-state index in [4.69, 9.17) is 9.47 Å². The van der Waals surface area contributed by atoms with E-state index in [2.05, 4.69) is 47.8 Å². The lowest BCUT2D eigenvalue weighted by molar-refractivity contribution is 0.306. The summed E-state index contributed by atoms with van der Waals surface area (Å²) in [5.74, 6) is 1.53. The largest absolute Gasteiger partial charge is 0.493 e. The smallest absolute Gasteiger partial charge is 0.161 e. The Hall–Kier alpha value is -2.68. The predicted octanol–water partition coefficient (Wildman–Crippen LogP) is 4.34. The number of benzene rings is 3. The molecule has 0 fully saturated rings. The minimum atomic E-state index is 0.573. The first-order valence-corrected chi connectivity index (χ1v) is 7.36. The Bertz CT molecular complexity index is 750. The SMILES string of the molecule is COc1ccccc1OCCNc1cccc2ccccc12. The number of ether oxygens (including phenoxy) is 2. The van der Waals surface area contributed by atoms with Crippen molar-refractivity contribution >= 4 is 16.5 Å². The van der Waals surface area contributed by atoms with Crippen molar-refractivity contribution in [2.45, 2.75) is 0 Å². The second kappa shape index (κ2) is 6.85. The molecular weight excluding hydrogens is 274 g/mol. The van der Waals surface area contributed by atoms with Crippen LogP contribution in [0.3, 0.4) is 0 Å². The third kappa shape index (κ3) is 3.14. The number of methoxy groups -OCH3 is 1. The summed E-state index contributed by atoms with van der Waals surface area (Å²) in [4.78, 5) is 0. The third-order valence-corrected chi connectivity index (χ3v) is 3.53. The Morgan fingerprint density at radius 2 is 1.55 bits per heavy atom. The molecule has 0 spiro atoms. The first kappa shape index (κ1) is 14.3. The van der Waals surface area contributed by atoms with Crippen LogP contribution in [0.4, 0.5) is 5.69 Å². The van der Waals surface area contributed by atoms with Crippen molar-refractivity contribution < 1.29 is 9.47 Å². The van der Waals surface area contributed by atoms with Gasteiger partial charge in [-0.1, -0.05) is 48.5 Å². The van der Waals surface area contributed by atoms with Crippen LogP contribution in [0.5, 0.6) is 11.5 Å². The molecule has 0 aliphatic rings. The van der Waals surface area contributed by atoms with Gasteiger partial charge in [0.2, 0.25) is 0 Å². The zero-order chi connectivity index (χ0) is 15.2. The molecule has 0 amide bonds. The molecule has 0 saturated heterocycles. The molecule has 0 aliphatic heterocycles. The van der Waals surface area contributed by atoms with Crippen LogP contribution in [0.15, 0.2) is 66.7 Å². The van der Waals surface area contributed by atoms with Crippen LogP contribution in [-0.4, -0.2) is 20.3 Å². The molecule has 0 radical (unpaired) electrons. The van der Waals surface area contributed by atoms with Gasteiger partial charge in [0.05, 0.1) is 7.11 Å². The fraction of sp³-hybridized carbons (Fsp3) is 0.158. The summed E-state index contributed by atoms with van der Waals surface area (Å²) in [7, 11) is 1.65. The molecule has 0 aliphatic carbocycles. The van der Waals surface area contributed by atoms with E-state index in [-0.39, 0.29) is 0 Å². The Balaban J connectivity index is 1.61. The summed E-state index contributed by atoms with van der Waals surface area (Å²) >= 11 is 0. The van der Waals surface area contributed by atoms with Crippen LogP contribution in [0.25, 0.3) is 10.8 Å². The lowest BCUT2D eigenvalue weighted by Gasteiger charge is -2.12. The molecule has 112 valence electrons. The van der Waals surface area contributed by atoms with Crippen molar-refractivity contribution in [3.05, 3.63) is 66.7 Å². The number of fused-ring (bicyclic) bond motifs is 1.